The molecule has 2 rings (SSSR count). The van der Waals surface area contributed by atoms with E-state index < -0.39 is 0 Å². The van der Waals surface area contributed by atoms with E-state index in [4.69, 9.17) is 4.42 Å². The quantitative estimate of drug-likeness (QED) is 0.866. The van der Waals surface area contributed by atoms with Crippen molar-refractivity contribution in [3.63, 3.8) is 0 Å². The molecule has 17 heavy (non-hydrogen) atoms. The molecule has 0 aliphatic heterocycles. The zero-order valence-corrected chi connectivity index (χ0v) is 11.6. The third kappa shape index (κ3) is 2.91. The van der Waals surface area contributed by atoms with Crippen LogP contribution in [0.2, 0.25) is 0 Å². The van der Waals surface area contributed by atoms with E-state index in [0.717, 1.165) is 22.3 Å². The highest BCUT2D eigenvalue weighted by Crippen LogP contribution is 2.26. The van der Waals surface area contributed by atoms with Gasteiger partial charge in [0.1, 0.15) is 5.76 Å². The summed E-state index contributed by atoms with van der Waals surface area (Å²) in [7, 11) is 0. The molecule has 0 aliphatic carbocycles. The average Bonchev–Trinajstić information content (AvgIpc) is 2.81. The molecule has 90 valence electrons. The van der Waals surface area contributed by atoms with Crippen LogP contribution in [0.3, 0.4) is 0 Å². The van der Waals surface area contributed by atoms with Crippen molar-refractivity contribution in [1.82, 2.24) is 0 Å². The van der Waals surface area contributed by atoms with Crippen molar-refractivity contribution in [2.45, 2.75) is 26.3 Å². The minimum Gasteiger partial charge on any atom is -0.467 e. The highest BCUT2D eigenvalue weighted by Gasteiger charge is 2.12. The summed E-state index contributed by atoms with van der Waals surface area (Å²) in [6.07, 6.45) is 2.71. The Morgan fingerprint density at radius 1 is 1.35 bits per heavy atom. The summed E-state index contributed by atoms with van der Waals surface area (Å²) < 4.78 is 6.55. The summed E-state index contributed by atoms with van der Waals surface area (Å²) in [5.74, 6) is 0.981. The van der Waals surface area contributed by atoms with Gasteiger partial charge in [-0.25, -0.2) is 0 Å². The smallest absolute Gasteiger partial charge is 0.125 e. The van der Waals surface area contributed by atoms with Crippen LogP contribution in [0.15, 0.2) is 45.5 Å². The van der Waals surface area contributed by atoms with Gasteiger partial charge in [0.05, 0.1) is 12.3 Å². The molecule has 1 heterocycles. The van der Waals surface area contributed by atoms with Crippen LogP contribution < -0.4 is 5.32 Å². The summed E-state index contributed by atoms with van der Waals surface area (Å²) >= 11 is 3.47. The van der Waals surface area contributed by atoms with Crippen LogP contribution in [0, 0.1) is 6.92 Å². The first-order valence-electron chi connectivity index (χ1n) is 5.76. The molecule has 1 aromatic heterocycles. The minimum atomic E-state index is 0.227. The topological polar surface area (TPSA) is 25.2 Å². The maximum absolute atomic E-state index is 5.45. The summed E-state index contributed by atoms with van der Waals surface area (Å²) in [5.41, 5.74) is 2.38. The Bertz CT molecular complexity index is 479. The lowest BCUT2D eigenvalue weighted by Gasteiger charge is -2.17. The van der Waals surface area contributed by atoms with Crippen molar-refractivity contribution in [2.24, 2.45) is 0 Å². The Kier molecular flexibility index (Phi) is 3.89. The normalized spacial score (nSPS) is 12.4. The van der Waals surface area contributed by atoms with Crippen LogP contribution in [0.4, 0.5) is 5.69 Å². The molecule has 2 aromatic rings. The van der Waals surface area contributed by atoms with E-state index in [1.54, 1.807) is 6.26 Å². The van der Waals surface area contributed by atoms with Gasteiger partial charge in [-0.2, -0.15) is 0 Å². The van der Waals surface area contributed by atoms with Crippen molar-refractivity contribution in [2.75, 3.05) is 5.32 Å². The Morgan fingerprint density at radius 2 is 2.18 bits per heavy atom. The van der Waals surface area contributed by atoms with E-state index >= 15 is 0 Å². The maximum Gasteiger partial charge on any atom is 0.125 e. The molecule has 2 nitrogen and oxygen atoms in total. The largest absolute Gasteiger partial charge is 0.467 e. The van der Waals surface area contributed by atoms with Gasteiger partial charge in [0.15, 0.2) is 0 Å². The maximum atomic E-state index is 5.45. The summed E-state index contributed by atoms with van der Waals surface area (Å²) in [6.45, 7) is 4.25. The Morgan fingerprint density at radius 3 is 2.76 bits per heavy atom. The van der Waals surface area contributed by atoms with Gasteiger partial charge in [0.2, 0.25) is 0 Å². The highest BCUT2D eigenvalue weighted by molar-refractivity contribution is 9.10. The third-order valence-corrected chi connectivity index (χ3v) is 3.31. The molecule has 0 amide bonds. The minimum absolute atomic E-state index is 0.227. The van der Waals surface area contributed by atoms with Crippen LogP contribution in [-0.2, 0) is 0 Å². The number of hydrogen-bond donors (Lipinski definition) is 1. The first-order chi connectivity index (χ1) is 8.20. The molecule has 1 unspecified atom stereocenters. The van der Waals surface area contributed by atoms with Crippen LogP contribution >= 0.6 is 15.9 Å². The molecule has 0 bridgehead atoms. The number of hydrogen-bond acceptors (Lipinski definition) is 2. The fourth-order valence-corrected chi connectivity index (χ4v) is 2.32. The van der Waals surface area contributed by atoms with Crippen molar-refractivity contribution < 1.29 is 4.42 Å². The molecular formula is C14H16BrNO. The van der Waals surface area contributed by atoms with E-state index in [1.807, 2.05) is 18.2 Å². The van der Waals surface area contributed by atoms with Gasteiger partial charge in [-0.3, -0.25) is 0 Å². The fourth-order valence-electron chi connectivity index (χ4n) is 1.84. The summed E-state index contributed by atoms with van der Waals surface area (Å²) in [4.78, 5) is 0. The Balaban J connectivity index is 2.19. The number of aryl methyl sites for hydroxylation is 1. The van der Waals surface area contributed by atoms with Crippen molar-refractivity contribution >= 4 is 21.6 Å². The van der Waals surface area contributed by atoms with Crippen LogP contribution in [0.25, 0.3) is 0 Å². The number of rotatable bonds is 4. The van der Waals surface area contributed by atoms with Gasteiger partial charge in [0, 0.05) is 10.2 Å². The molecule has 0 saturated carbocycles. The van der Waals surface area contributed by atoms with Crippen LogP contribution in [-0.4, -0.2) is 0 Å². The number of benzene rings is 1. The molecule has 3 heteroatoms. The Hall–Kier alpha value is -1.22. The SMILES string of the molecule is CCC(Nc1ccc(Br)cc1C)c1ccco1. The molecular weight excluding hydrogens is 278 g/mol. The lowest BCUT2D eigenvalue weighted by atomic mass is 10.1. The highest BCUT2D eigenvalue weighted by atomic mass is 79.9. The van der Waals surface area contributed by atoms with Crippen molar-refractivity contribution in [3.8, 4) is 0 Å². The van der Waals surface area contributed by atoms with Gasteiger partial charge in [-0.15, -0.1) is 0 Å². The van der Waals surface area contributed by atoms with Crippen molar-refractivity contribution in [3.05, 3.63) is 52.4 Å². The van der Waals surface area contributed by atoms with E-state index in [1.165, 1.54) is 5.56 Å². The molecule has 0 saturated heterocycles. The van der Waals surface area contributed by atoms with Crippen molar-refractivity contribution in [1.29, 1.82) is 0 Å². The van der Waals surface area contributed by atoms with Gasteiger partial charge in [-0.1, -0.05) is 22.9 Å². The lowest BCUT2D eigenvalue weighted by Crippen LogP contribution is -2.09. The van der Waals surface area contributed by atoms with Gasteiger partial charge in [-0.05, 0) is 49.2 Å². The van der Waals surface area contributed by atoms with E-state index in [9.17, 15) is 0 Å². The number of nitrogens with one attached hydrogen (secondary N) is 1. The van der Waals surface area contributed by atoms with Gasteiger partial charge >= 0.3 is 0 Å². The summed E-state index contributed by atoms with van der Waals surface area (Å²) in [5, 5.41) is 3.51. The zero-order chi connectivity index (χ0) is 12.3. The summed E-state index contributed by atoms with van der Waals surface area (Å²) in [6, 6.07) is 10.4. The van der Waals surface area contributed by atoms with Gasteiger partial charge in [0.25, 0.3) is 0 Å². The second-order valence-corrected chi connectivity index (χ2v) is 5.00. The standard InChI is InChI=1S/C14H16BrNO/c1-3-12(14-5-4-8-17-14)16-13-7-6-11(15)9-10(13)2/h4-9,12,16H,3H2,1-2H3. The number of halogens is 1. The monoisotopic (exact) mass is 293 g/mol. The third-order valence-electron chi connectivity index (χ3n) is 2.81. The van der Waals surface area contributed by atoms with Crippen LogP contribution in [0.5, 0.6) is 0 Å². The molecule has 0 fully saturated rings. The fraction of sp³-hybridized carbons (Fsp3) is 0.286. The second-order valence-electron chi connectivity index (χ2n) is 4.08. The predicted molar refractivity (Wildman–Crippen MR) is 74.2 cm³/mol. The molecule has 0 spiro atoms. The second kappa shape index (κ2) is 5.41. The predicted octanol–water partition coefficient (Wildman–Crippen LogP) is 4.91. The van der Waals surface area contributed by atoms with E-state index in [2.05, 4.69) is 47.2 Å². The molecule has 1 aromatic carbocycles. The Labute approximate surface area is 110 Å². The van der Waals surface area contributed by atoms with E-state index in [-0.39, 0.29) is 6.04 Å². The first kappa shape index (κ1) is 12.2. The average molecular weight is 294 g/mol. The molecule has 0 radical (unpaired) electrons. The number of anilines is 1. The van der Waals surface area contributed by atoms with Crippen LogP contribution in [0.1, 0.15) is 30.7 Å². The first-order valence-corrected chi connectivity index (χ1v) is 6.56. The number of furan rings is 1. The molecule has 1 atom stereocenters. The van der Waals surface area contributed by atoms with E-state index in [0.29, 0.717) is 0 Å². The molecule has 0 aliphatic rings. The zero-order valence-electron chi connectivity index (χ0n) is 10.0. The van der Waals surface area contributed by atoms with Gasteiger partial charge < -0.3 is 9.73 Å². The lowest BCUT2D eigenvalue weighted by molar-refractivity contribution is 0.474. The molecule has 1 N–H and O–H groups in total.